The van der Waals surface area contributed by atoms with E-state index in [-0.39, 0.29) is 5.91 Å². The zero-order valence-electron chi connectivity index (χ0n) is 19.8. The van der Waals surface area contributed by atoms with E-state index >= 15 is 0 Å². The van der Waals surface area contributed by atoms with Crippen LogP contribution in [0.25, 0.3) is 6.08 Å². The molecule has 1 aromatic heterocycles. The largest absolute Gasteiger partial charge is 0.324 e. The molecule has 0 saturated heterocycles. The van der Waals surface area contributed by atoms with Gasteiger partial charge in [0.1, 0.15) is 0 Å². The van der Waals surface area contributed by atoms with E-state index in [1.54, 1.807) is 6.20 Å². The summed E-state index contributed by atoms with van der Waals surface area (Å²) in [6.45, 7) is 6.22. The van der Waals surface area contributed by atoms with Crippen molar-refractivity contribution in [3.05, 3.63) is 58.9 Å². The van der Waals surface area contributed by atoms with Crippen molar-refractivity contribution in [2.45, 2.75) is 70.8 Å². The number of nitrogens with one attached hydrogen (secondary N) is 2. The molecule has 5 rings (SSSR count). The van der Waals surface area contributed by atoms with Gasteiger partial charge in [-0.15, -0.1) is 0 Å². The minimum atomic E-state index is -0.456. The van der Waals surface area contributed by atoms with E-state index in [0.717, 1.165) is 86.2 Å². The molecule has 3 heterocycles. The van der Waals surface area contributed by atoms with Gasteiger partial charge in [0.2, 0.25) is 5.91 Å². The van der Waals surface area contributed by atoms with Crippen LogP contribution in [0.5, 0.6) is 0 Å². The predicted octanol–water partition coefficient (Wildman–Crippen LogP) is 5.71. The molecule has 1 aromatic carbocycles. The Morgan fingerprint density at radius 1 is 1.21 bits per heavy atom. The first-order chi connectivity index (χ1) is 16.1. The molecule has 33 heavy (non-hydrogen) atoms. The minimum absolute atomic E-state index is 0.0683. The number of carbonyl (C=O) groups is 1. The van der Waals surface area contributed by atoms with Crippen LogP contribution in [0.3, 0.4) is 0 Å². The zero-order valence-corrected chi connectivity index (χ0v) is 19.8. The number of carbonyl (C=O) groups excluding carboxylic acids is 1. The number of amides is 1. The third-order valence-electron chi connectivity index (χ3n) is 7.25. The average molecular weight is 443 g/mol. The molecule has 1 saturated carbocycles. The summed E-state index contributed by atoms with van der Waals surface area (Å²) in [6, 6.07) is 8.49. The molecule has 2 aliphatic heterocycles. The SMILES string of the molecule is CCCC1=Nc2cc(C3(C(=O)Nc4cnc5c(c4)CNCC5)CC3)ccc2C=CC1CCC. The van der Waals surface area contributed by atoms with Crippen molar-refractivity contribution in [3.8, 4) is 0 Å². The highest BCUT2D eigenvalue weighted by molar-refractivity contribution is 6.02. The Balaban J connectivity index is 1.40. The molecule has 5 nitrogen and oxygen atoms in total. The molecule has 2 aromatic rings. The smallest absolute Gasteiger partial charge is 0.235 e. The molecule has 1 amide bonds. The molecule has 1 atom stereocenters. The van der Waals surface area contributed by atoms with Crippen LogP contribution in [0.15, 0.2) is 41.5 Å². The van der Waals surface area contributed by atoms with E-state index in [4.69, 9.17) is 4.99 Å². The normalized spacial score (nSPS) is 20.3. The second kappa shape index (κ2) is 9.22. The van der Waals surface area contributed by atoms with Gasteiger partial charge in [-0.2, -0.15) is 0 Å². The second-order valence-electron chi connectivity index (χ2n) is 9.67. The van der Waals surface area contributed by atoms with Crippen molar-refractivity contribution in [2.75, 3.05) is 11.9 Å². The third kappa shape index (κ3) is 4.39. The van der Waals surface area contributed by atoms with Crippen molar-refractivity contribution < 1.29 is 4.79 Å². The number of anilines is 1. The molecule has 1 fully saturated rings. The summed E-state index contributed by atoms with van der Waals surface area (Å²) in [6.07, 6.45) is 13.4. The van der Waals surface area contributed by atoms with Crippen molar-refractivity contribution in [3.63, 3.8) is 0 Å². The lowest BCUT2D eigenvalue weighted by atomic mass is 9.92. The van der Waals surface area contributed by atoms with Crippen LogP contribution in [0.2, 0.25) is 0 Å². The van der Waals surface area contributed by atoms with Gasteiger partial charge in [-0.25, -0.2) is 0 Å². The maximum Gasteiger partial charge on any atom is 0.235 e. The van der Waals surface area contributed by atoms with Gasteiger partial charge in [0.25, 0.3) is 0 Å². The number of aliphatic imine (C=N–C) groups is 1. The molecule has 2 N–H and O–H groups in total. The van der Waals surface area contributed by atoms with Crippen LogP contribution in [0.1, 0.15) is 74.8 Å². The van der Waals surface area contributed by atoms with Gasteiger partial charge in [-0.1, -0.05) is 51.0 Å². The zero-order chi connectivity index (χ0) is 22.8. The fourth-order valence-electron chi connectivity index (χ4n) is 5.16. The summed E-state index contributed by atoms with van der Waals surface area (Å²) in [7, 11) is 0. The van der Waals surface area contributed by atoms with E-state index in [9.17, 15) is 4.79 Å². The van der Waals surface area contributed by atoms with Crippen LogP contribution in [0.4, 0.5) is 11.4 Å². The Bertz CT molecular complexity index is 1110. The van der Waals surface area contributed by atoms with Gasteiger partial charge in [-0.3, -0.25) is 14.8 Å². The summed E-state index contributed by atoms with van der Waals surface area (Å²) >= 11 is 0. The Morgan fingerprint density at radius 3 is 2.88 bits per heavy atom. The van der Waals surface area contributed by atoms with Gasteiger partial charge in [0.05, 0.1) is 23.0 Å². The first-order valence-corrected chi connectivity index (χ1v) is 12.5. The van der Waals surface area contributed by atoms with Crippen LogP contribution in [0, 0.1) is 5.92 Å². The van der Waals surface area contributed by atoms with Crippen LogP contribution < -0.4 is 10.6 Å². The van der Waals surface area contributed by atoms with Gasteiger partial charge >= 0.3 is 0 Å². The van der Waals surface area contributed by atoms with Crippen LogP contribution in [-0.2, 0) is 23.2 Å². The number of hydrogen-bond donors (Lipinski definition) is 2. The Labute approximate surface area is 196 Å². The van der Waals surface area contributed by atoms with Gasteiger partial charge in [0.15, 0.2) is 0 Å². The van der Waals surface area contributed by atoms with E-state index < -0.39 is 5.41 Å². The first kappa shape index (κ1) is 22.0. The monoisotopic (exact) mass is 442 g/mol. The van der Waals surface area contributed by atoms with Gasteiger partial charge in [-0.05, 0) is 54.5 Å². The van der Waals surface area contributed by atoms with Crippen LogP contribution >= 0.6 is 0 Å². The molecule has 0 radical (unpaired) electrons. The standard InChI is InChI=1S/C28H34N4O/c1-3-5-19-7-8-20-9-10-22(16-26(20)32-25(19)6-4-2)28(12-13-28)27(33)31-23-15-21-17-29-14-11-24(21)30-18-23/h7-10,15-16,18-19,29H,3-6,11-14,17H2,1-2H3,(H,31,33). The lowest BCUT2D eigenvalue weighted by molar-refractivity contribution is -0.118. The van der Waals surface area contributed by atoms with E-state index in [0.29, 0.717) is 5.92 Å². The second-order valence-corrected chi connectivity index (χ2v) is 9.67. The van der Waals surface area contributed by atoms with E-state index in [2.05, 4.69) is 65.9 Å². The molecule has 5 heteroatoms. The lowest BCUT2D eigenvalue weighted by Crippen LogP contribution is -2.29. The summed E-state index contributed by atoms with van der Waals surface area (Å²) in [4.78, 5) is 23.1. The van der Waals surface area contributed by atoms with Crippen molar-refractivity contribution in [1.29, 1.82) is 0 Å². The van der Waals surface area contributed by atoms with E-state index in [1.807, 2.05) is 0 Å². The average Bonchev–Trinajstić information content (AvgIpc) is 3.65. The highest BCUT2D eigenvalue weighted by Crippen LogP contribution is 2.50. The summed E-state index contributed by atoms with van der Waals surface area (Å²) in [5.74, 6) is 0.480. The number of pyridine rings is 1. The molecular formula is C28H34N4O. The molecule has 1 aliphatic carbocycles. The predicted molar refractivity (Wildman–Crippen MR) is 135 cm³/mol. The maximum absolute atomic E-state index is 13.4. The van der Waals surface area contributed by atoms with Gasteiger partial charge < -0.3 is 10.6 Å². The molecule has 1 unspecified atom stereocenters. The van der Waals surface area contributed by atoms with Crippen molar-refractivity contribution >= 4 is 29.1 Å². The highest BCUT2D eigenvalue weighted by Gasteiger charge is 2.51. The number of hydrogen-bond acceptors (Lipinski definition) is 4. The molecule has 0 bridgehead atoms. The topological polar surface area (TPSA) is 66.4 Å². The number of fused-ring (bicyclic) bond motifs is 2. The maximum atomic E-state index is 13.4. The van der Waals surface area contributed by atoms with Crippen molar-refractivity contribution in [2.24, 2.45) is 10.9 Å². The Kier molecular flexibility index (Phi) is 6.15. The first-order valence-electron chi connectivity index (χ1n) is 12.5. The van der Waals surface area contributed by atoms with Gasteiger partial charge in [0, 0.05) is 36.8 Å². The van der Waals surface area contributed by atoms with Crippen LogP contribution in [-0.4, -0.2) is 23.1 Å². The molecule has 0 spiro atoms. The lowest BCUT2D eigenvalue weighted by Gasteiger charge is -2.19. The fourth-order valence-corrected chi connectivity index (χ4v) is 5.16. The molecule has 172 valence electrons. The Morgan fingerprint density at radius 2 is 2.09 bits per heavy atom. The summed E-state index contributed by atoms with van der Waals surface area (Å²) in [5.41, 5.74) is 7.15. The fraction of sp³-hybridized carbons (Fsp3) is 0.464. The minimum Gasteiger partial charge on any atom is -0.324 e. The molecular weight excluding hydrogens is 408 g/mol. The summed E-state index contributed by atoms with van der Waals surface area (Å²) in [5, 5.41) is 6.54. The number of benzene rings is 1. The van der Waals surface area contributed by atoms with Crippen molar-refractivity contribution in [1.82, 2.24) is 10.3 Å². The number of allylic oxidation sites excluding steroid dienone is 1. The quantitative estimate of drug-likeness (QED) is 0.577. The number of aromatic nitrogens is 1. The summed E-state index contributed by atoms with van der Waals surface area (Å²) < 4.78 is 0. The van der Waals surface area contributed by atoms with E-state index in [1.165, 1.54) is 11.3 Å². The highest BCUT2D eigenvalue weighted by atomic mass is 16.2. The number of rotatable bonds is 7. The number of nitrogens with zero attached hydrogens (tertiary/aromatic N) is 2. The third-order valence-corrected chi connectivity index (χ3v) is 7.25. The Hall–Kier alpha value is -2.79. The molecule has 3 aliphatic rings.